The van der Waals surface area contributed by atoms with Crippen LogP contribution in [0.4, 0.5) is 10.5 Å². The first-order chi connectivity index (χ1) is 14.5. The first kappa shape index (κ1) is 24.0. The van der Waals surface area contributed by atoms with Gasteiger partial charge < -0.3 is 4.74 Å². The number of anilines is 1. The van der Waals surface area contributed by atoms with Crippen molar-refractivity contribution in [2.75, 3.05) is 25.0 Å². The number of ether oxygens (including phenoxy) is 1. The van der Waals surface area contributed by atoms with Crippen LogP contribution in [0.15, 0.2) is 12.1 Å². The van der Waals surface area contributed by atoms with Gasteiger partial charge in [0.25, 0.3) is 0 Å². The van der Waals surface area contributed by atoms with Crippen molar-refractivity contribution in [3.63, 3.8) is 0 Å². The second-order valence-corrected chi connectivity index (χ2v) is 12.5. The maximum atomic E-state index is 12.5. The van der Waals surface area contributed by atoms with E-state index >= 15 is 0 Å². The minimum Gasteiger partial charge on any atom is -0.443 e. The van der Waals surface area contributed by atoms with E-state index in [9.17, 15) is 9.59 Å². The number of piperidine rings is 1. The normalized spacial score (nSPS) is 19.9. The second kappa shape index (κ2) is 9.07. The predicted molar refractivity (Wildman–Crippen MR) is 131 cm³/mol. The number of carbonyl (C=O) groups is 2. The molecule has 6 heteroatoms. The topological polar surface area (TPSA) is 49.9 Å². The number of carbonyl (C=O) groups excluding carboxylic acids is 2. The lowest BCUT2D eigenvalue weighted by atomic mass is 9.96. The molecular formula is C25H38N2O3S. The third-order valence-electron chi connectivity index (χ3n) is 6.27. The number of ketones is 1. The molecule has 0 spiro atoms. The van der Waals surface area contributed by atoms with Crippen LogP contribution in [0.25, 0.3) is 0 Å². The Bertz CT molecular complexity index is 864. The minimum atomic E-state index is -0.515. The Labute approximate surface area is 190 Å². The SMILES string of the molecule is C/C=S(\N1CCC(=O)CC1)C1(Cc2c(C)cc(N(C)C(=O)OC(C)(C)C)cc2C)CC1. The Kier molecular flexibility index (Phi) is 7.02. The summed E-state index contributed by atoms with van der Waals surface area (Å²) in [6, 6.07) is 4.21. The highest BCUT2D eigenvalue weighted by Crippen LogP contribution is 2.57. The monoisotopic (exact) mass is 446 g/mol. The zero-order chi connectivity index (χ0) is 23.0. The first-order valence-electron chi connectivity index (χ1n) is 11.3. The number of Topliss-reactive ketones (excluding diaryl/α,β-unsaturated/α-hetero) is 1. The minimum absolute atomic E-state index is 0.0896. The Morgan fingerprint density at radius 1 is 1.19 bits per heavy atom. The summed E-state index contributed by atoms with van der Waals surface area (Å²) >= 11 is 0. The largest absolute Gasteiger partial charge is 0.443 e. The molecule has 31 heavy (non-hydrogen) atoms. The summed E-state index contributed by atoms with van der Waals surface area (Å²) in [7, 11) is 1.86. The third kappa shape index (κ3) is 5.58. The molecule has 1 aromatic rings. The van der Waals surface area contributed by atoms with Gasteiger partial charge in [-0.1, -0.05) is 0 Å². The molecule has 1 saturated heterocycles. The number of hydrogen-bond acceptors (Lipinski definition) is 4. The van der Waals surface area contributed by atoms with Gasteiger partial charge in [-0.25, -0.2) is 4.79 Å². The molecule has 1 heterocycles. The van der Waals surface area contributed by atoms with Crippen molar-refractivity contribution in [3.05, 3.63) is 28.8 Å². The molecule has 0 radical (unpaired) electrons. The van der Waals surface area contributed by atoms with Gasteiger partial charge in [0.15, 0.2) is 0 Å². The van der Waals surface area contributed by atoms with Crippen LogP contribution in [0.2, 0.25) is 0 Å². The molecule has 1 unspecified atom stereocenters. The number of hydrogen-bond donors (Lipinski definition) is 0. The molecule has 3 rings (SSSR count). The van der Waals surface area contributed by atoms with E-state index in [1.54, 1.807) is 11.9 Å². The molecule has 2 aliphatic rings. The van der Waals surface area contributed by atoms with Crippen molar-refractivity contribution in [2.24, 2.45) is 0 Å². The summed E-state index contributed by atoms with van der Waals surface area (Å²) in [5, 5.41) is 2.37. The fourth-order valence-electron chi connectivity index (χ4n) is 4.41. The smallest absolute Gasteiger partial charge is 0.414 e. The van der Waals surface area contributed by atoms with E-state index in [0.29, 0.717) is 23.4 Å². The molecule has 5 nitrogen and oxygen atoms in total. The van der Waals surface area contributed by atoms with E-state index in [4.69, 9.17) is 4.74 Å². The first-order valence-corrected chi connectivity index (χ1v) is 12.6. The lowest BCUT2D eigenvalue weighted by Gasteiger charge is -2.35. The van der Waals surface area contributed by atoms with Gasteiger partial charge in [-0.2, -0.15) is 0 Å². The van der Waals surface area contributed by atoms with Crippen molar-refractivity contribution in [1.82, 2.24) is 4.31 Å². The molecule has 1 aliphatic carbocycles. The van der Waals surface area contributed by atoms with Gasteiger partial charge in [-0.05, 0) is 95.0 Å². The molecule has 1 aliphatic heterocycles. The predicted octanol–water partition coefficient (Wildman–Crippen LogP) is 5.42. The molecule has 172 valence electrons. The van der Waals surface area contributed by atoms with E-state index in [1.165, 1.54) is 29.5 Å². The average molecular weight is 447 g/mol. The van der Waals surface area contributed by atoms with Gasteiger partial charge >= 0.3 is 6.09 Å². The number of rotatable bonds is 5. The van der Waals surface area contributed by atoms with Crippen LogP contribution in [0, 0.1) is 13.8 Å². The summed E-state index contributed by atoms with van der Waals surface area (Å²) in [6.45, 7) is 13.9. The average Bonchev–Trinajstić information content (AvgIpc) is 3.45. The van der Waals surface area contributed by atoms with Gasteiger partial charge in [-0.15, -0.1) is 10.7 Å². The summed E-state index contributed by atoms with van der Waals surface area (Å²) < 4.78 is 8.37. The zero-order valence-corrected chi connectivity index (χ0v) is 21.0. The highest BCUT2D eigenvalue weighted by Gasteiger charge is 2.47. The number of aryl methyl sites for hydroxylation is 2. The van der Waals surface area contributed by atoms with Crippen molar-refractivity contribution in [3.8, 4) is 0 Å². The number of nitrogens with zero attached hydrogens (tertiary/aromatic N) is 2. The molecule has 0 bridgehead atoms. The lowest BCUT2D eigenvalue weighted by Crippen LogP contribution is -2.34. The fourth-order valence-corrected chi connectivity index (χ4v) is 7.14. The van der Waals surface area contributed by atoms with E-state index in [2.05, 4.69) is 42.6 Å². The summed E-state index contributed by atoms with van der Waals surface area (Å²) in [4.78, 5) is 25.8. The van der Waals surface area contributed by atoms with Crippen molar-refractivity contribution >= 4 is 33.6 Å². The molecular weight excluding hydrogens is 408 g/mol. The molecule has 1 atom stereocenters. The summed E-state index contributed by atoms with van der Waals surface area (Å²) in [6.07, 6.45) is 4.58. The van der Waals surface area contributed by atoms with Gasteiger partial charge in [0.05, 0.1) is 0 Å². The van der Waals surface area contributed by atoms with E-state index in [1.807, 2.05) is 20.8 Å². The van der Waals surface area contributed by atoms with Crippen LogP contribution in [-0.2, 0) is 16.0 Å². The Morgan fingerprint density at radius 3 is 2.19 bits per heavy atom. The molecule has 1 aromatic carbocycles. The van der Waals surface area contributed by atoms with Crippen LogP contribution in [0.1, 0.15) is 70.1 Å². The van der Waals surface area contributed by atoms with E-state index in [-0.39, 0.29) is 16.8 Å². The molecule has 2 fully saturated rings. The molecule has 1 amide bonds. The van der Waals surface area contributed by atoms with Gasteiger partial charge in [0, 0.05) is 43.4 Å². The number of benzene rings is 1. The standard InChI is InChI=1S/C25H38N2O3S/c1-8-31(27-13-9-21(28)10-14-27)25(11-12-25)17-22-18(2)15-20(16-19(22)3)26(7)23(29)30-24(4,5)6/h8,15-16H,9-14,17H2,1-7H3. The second-order valence-electron chi connectivity index (χ2n) is 9.98. The van der Waals surface area contributed by atoms with Crippen molar-refractivity contribution < 1.29 is 14.3 Å². The Balaban J connectivity index is 1.79. The van der Waals surface area contributed by atoms with E-state index in [0.717, 1.165) is 25.2 Å². The highest BCUT2D eigenvalue weighted by molar-refractivity contribution is 8.14. The molecule has 0 aromatic heterocycles. The van der Waals surface area contributed by atoms with Crippen molar-refractivity contribution in [2.45, 2.75) is 84.0 Å². The van der Waals surface area contributed by atoms with Gasteiger partial charge in [-0.3, -0.25) is 14.0 Å². The van der Waals surface area contributed by atoms with Gasteiger partial charge in [0.1, 0.15) is 11.4 Å². The third-order valence-corrected chi connectivity index (χ3v) is 9.08. The molecule has 1 saturated carbocycles. The maximum Gasteiger partial charge on any atom is 0.414 e. The highest BCUT2D eigenvalue weighted by atomic mass is 32.2. The van der Waals surface area contributed by atoms with Crippen LogP contribution >= 0.6 is 10.7 Å². The van der Waals surface area contributed by atoms with Crippen LogP contribution in [0.3, 0.4) is 0 Å². The van der Waals surface area contributed by atoms with Crippen LogP contribution in [-0.4, -0.2) is 52.0 Å². The van der Waals surface area contributed by atoms with Crippen LogP contribution in [0.5, 0.6) is 0 Å². The van der Waals surface area contributed by atoms with Crippen LogP contribution < -0.4 is 4.90 Å². The van der Waals surface area contributed by atoms with Gasteiger partial charge in [0.2, 0.25) is 0 Å². The lowest BCUT2D eigenvalue weighted by molar-refractivity contribution is -0.120. The quantitative estimate of drug-likeness (QED) is 0.567. The summed E-state index contributed by atoms with van der Waals surface area (Å²) in [5.74, 6) is 0.400. The fraction of sp³-hybridized carbons (Fsp3) is 0.640. The molecule has 0 N–H and O–H groups in total. The maximum absolute atomic E-state index is 12.5. The van der Waals surface area contributed by atoms with E-state index < -0.39 is 5.60 Å². The Morgan fingerprint density at radius 2 is 1.74 bits per heavy atom. The number of amides is 1. The summed E-state index contributed by atoms with van der Waals surface area (Å²) in [5.41, 5.74) is 4.20. The zero-order valence-electron chi connectivity index (χ0n) is 20.2. The van der Waals surface area contributed by atoms with Crippen molar-refractivity contribution in [1.29, 1.82) is 0 Å². The Hall–Kier alpha value is -1.66.